The molecule has 124 valence electrons. The number of rotatable bonds is 3. The quantitative estimate of drug-likeness (QED) is 0.517. The van der Waals surface area contributed by atoms with E-state index in [9.17, 15) is 8.78 Å². The Kier molecular flexibility index (Phi) is 5.02. The predicted octanol–water partition coefficient (Wildman–Crippen LogP) is 6.78. The Morgan fingerprint density at radius 3 is 1.83 bits per heavy atom. The molecule has 2 aromatic rings. The van der Waals surface area contributed by atoms with E-state index in [0.29, 0.717) is 5.56 Å². The second-order valence-electron chi connectivity index (χ2n) is 7.14. The smallest absolute Gasteiger partial charge is 0.250 e. The number of benzene rings is 2. The van der Waals surface area contributed by atoms with E-state index in [1.165, 1.54) is 12.1 Å². The Labute approximate surface area is 145 Å². The summed E-state index contributed by atoms with van der Waals surface area (Å²) in [5.74, 6) is -1.59. The Hall–Kier alpha value is -1.20. The Morgan fingerprint density at radius 1 is 0.913 bits per heavy atom. The molecule has 0 aliphatic carbocycles. The van der Waals surface area contributed by atoms with E-state index in [-0.39, 0.29) is 10.8 Å². The van der Waals surface area contributed by atoms with Crippen LogP contribution in [0.4, 0.5) is 8.78 Å². The summed E-state index contributed by atoms with van der Waals surface area (Å²) in [5.41, 5.74) is 1.25. The van der Waals surface area contributed by atoms with Gasteiger partial charge in [-0.05, 0) is 53.5 Å². The molecule has 0 bridgehead atoms. The summed E-state index contributed by atoms with van der Waals surface area (Å²) in [4.78, 5) is 0. The second kappa shape index (κ2) is 6.36. The maximum atomic E-state index is 14.4. The van der Waals surface area contributed by atoms with Gasteiger partial charge in [-0.3, -0.25) is 0 Å². The molecule has 0 atom stereocenters. The van der Waals surface area contributed by atoms with Gasteiger partial charge in [-0.15, -0.1) is 0 Å². The molecule has 0 unspecified atom stereocenters. The third-order valence-electron chi connectivity index (χ3n) is 4.34. The number of halogens is 3. The van der Waals surface area contributed by atoms with Crippen LogP contribution in [0.5, 0.6) is 5.75 Å². The first-order valence-electron chi connectivity index (χ1n) is 7.45. The highest BCUT2D eigenvalue weighted by Crippen LogP contribution is 2.39. The standard InChI is InChI=1S/C18H21BrF2OSi/c1-18(2,3)23(4,5)22-17-15(20)10-13(11-16(17)21)12-6-8-14(19)9-7-12/h6-11H,1-5H3. The molecule has 0 N–H and O–H groups in total. The zero-order chi connectivity index (χ0) is 17.4. The van der Waals surface area contributed by atoms with Crippen molar-refractivity contribution < 1.29 is 13.2 Å². The Balaban J connectivity index is 2.40. The molecule has 2 aromatic carbocycles. The third-order valence-corrected chi connectivity index (χ3v) is 9.19. The van der Waals surface area contributed by atoms with Crippen LogP contribution in [0.15, 0.2) is 40.9 Å². The molecule has 2 rings (SSSR count). The number of hydrogen-bond donors (Lipinski definition) is 0. The topological polar surface area (TPSA) is 9.23 Å². The fraction of sp³-hybridized carbons (Fsp3) is 0.333. The maximum Gasteiger partial charge on any atom is 0.250 e. The van der Waals surface area contributed by atoms with Crippen molar-refractivity contribution in [2.75, 3.05) is 0 Å². The van der Waals surface area contributed by atoms with Crippen molar-refractivity contribution in [1.82, 2.24) is 0 Å². The average Bonchev–Trinajstić information content (AvgIpc) is 2.42. The van der Waals surface area contributed by atoms with Gasteiger partial charge in [0, 0.05) is 4.47 Å². The lowest BCUT2D eigenvalue weighted by atomic mass is 10.1. The van der Waals surface area contributed by atoms with Gasteiger partial charge in [0.05, 0.1) is 0 Å². The van der Waals surface area contributed by atoms with Crippen molar-refractivity contribution in [3.63, 3.8) is 0 Å². The van der Waals surface area contributed by atoms with Crippen LogP contribution >= 0.6 is 15.9 Å². The minimum atomic E-state index is -2.30. The van der Waals surface area contributed by atoms with Gasteiger partial charge in [-0.25, -0.2) is 8.78 Å². The highest BCUT2D eigenvalue weighted by Gasteiger charge is 2.40. The summed E-state index contributed by atoms with van der Waals surface area (Å²) in [6, 6.07) is 9.96. The van der Waals surface area contributed by atoms with Crippen LogP contribution in [0.25, 0.3) is 11.1 Å². The van der Waals surface area contributed by atoms with Crippen LogP contribution in [-0.2, 0) is 0 Å². The van der Waals surface area contributed by atoms with Gasteiger partial charge in [-0.1, -0.05) is 48.8 Å². The molecule has 5 heteroatoms. The monoisotopic (exact) mass is 398 g/mol. The van der Waals surface area contributed by atoms with Crippen LogP contribution in [0.3, 0.4) is 0 Å². The highest BCUT2D eigenvalue weighted by atomic mass is 79.9. The summed E-state index contributed by atoms with van der Waals surface area (Å²) < 4.78 is 35.6. The Morgan fingerprint density at radius 2 is 1.39 bits per heavy atom. The maximum absolute atomic E-state index is 14.4. The zero-order valence-electron chi connectivity index (χ0n) is 14.0. The minimum Gasteiger partial charge on any atom is -0.540 e. The molecule has 23 heavy (non-hydrogen) atoms. The van der Waals surface area contributed by atoms with E-state index in [0.717, 1.165) is 10.0 Å². The van der Waals surface area contributed by atoms with Gasteiger partial charge in [-0.2, -0.15) is 0 Å². The first-order valence-corrected chi connectivity index (χ1v) is 11.2. The molecule has 0 amide bonds. The summed E-state index contributed by atoms with van der Waals surface area (Å²) in [6.07, 6.45) is 0. The average molecular weight is 399 g/mol. The normalized spacial score (nSPS) is 12.3. The van der Waals surface area contributed by atoms with E-state index in [4.69, 9.17) is 4.43 Å². The van der Waals surface area contributed by atoms with Crippen LogP contribution in [0, 0.1) is 11.6 Å². The first kappa shape index (κ1) is 18.1. The van der Waals surface area contributed by atoms with E-state index in [1.807, 2.05) is 58.1 Å². The zero-order valence-corrected chi connectivity index (χ0v) is 16.6. The van der Waals surface area contributed by atoms with Crippen molar-refractivity contribution in [2.24, 2.45) is 0 Å². The molecular formula is C18H21BrF2OSi. The highest BCUT2D eigenvalue weighted by molar-refractivity contribution is 9.10. The fourth-order valence-electron chi connectivity index (χ4n) is 1.87. The molecule has 0 spiro atoms. The van der Waals surface area contributed by atoms with Crippen molar-refractivity contribution >= 4 is 24.2 Å². The molecule has 0 fully saturated rings. The molecule has 0 saturated carbocycles. The van der Waals surface area contributed by atoms with Crippen LogP contribution in [-0.4, -0.2) is 8.32 Å². The van der Waals surface area contributed by atoms with E-state index in [1.54, 1.807) is 0 Å². The summed E-state index contributed by atoms with van der Waals surface area (Å²) in [7, 11) is -2.30. The molecular weight excluding hydrogens is 378 g/mol. The van der Waals surface area contributed by atoms with E-state index >= 15 is 0 Å². The van der Waals surface area contributed by atoms with Crippen molar-refractivity contribution in [2.45, 2.75) is 38.9 Å². The lowest BCUT2D eigenvalue weighted by molar-refractivity contribution is 0.424. The van der Waals surface area contributed by atoms with E-state index in [2.05, 4.69) is 15.9 Å². The molecule has 0 aliphatic heterocycles. The van der Waals surface area contributed by atoms with E-state index < -0.39 is 20.0 Å². The first-order chi connectivity index (χ1) is 10.5. The van der Waals surface area contributed by atoms with Crippen molar-refractivity contribution in [3.05, 3.63) is 52.5 Å². The van der Waals surface area contributed by atoms with Crippen LogP contribution in [0.1, 0.15) is 20.8 Å². The third kappa shape index (κ3) is 4.01. The lowest BCUT2D eigenvalue weighted by Gasteiger charge is -2.36. The summed E-state index contributed by atoms with van der Waals surface area (Å²) >= 11 is 3.35. The molecule has 0 aromatic heterocycles. The molecule has 1 nitrogen and oxygen atoms in total. The minimum absolute atomic E-state index is 0.129. The van der Waals surface area contributed by atoms with Gasteiger partial charge in [0.2, 0.25) is 0 Å². The van der Waals surface area contributed by atoms with Crippen LogP contribution < -0.4 is 4.43 Å². The van der Waals surface area contributed by atoms with Gasteiger partial charge in [0.1, 0.15) is 0 Å². The summed E-state index contributed by atoms with van der Waals surface area (Å²) in [6.45, 7) is 10.0. The van der Waals surface area contributed by atoms with Gasteiger partial charge >= 0.3 is 0 Å². The van der Waals surface area contributed by atoms with Gasteiger partial charge in [0.25, 0.3) is 8.32 Å². The fourth-order valence-corrected chi connectivity index (χ4v) is 3.15. The van der Waals surface area contributed by atoms with Crippen molar-refractivity contribution in [1.29, 1.82) is 0 Å². The van der Waals surface area contributed by atoms with Gasteiger partial charge in [0.15, 0.2) is 17.4 Å². The van der Waals surface area contributed by atoms with Crippen LogP contribution in [0.2, 0.25) is 18.1 Å². The SMILES string of the molecule is CC(C)(C)[Si](C)(C)Oc1c(F)cc(-c2ccc(Br)cc2)cc1F. The lowest BCUT2D eigenvalue weighted by Crippen LogP contribution is -2.44. The van der Waals surface area contributed by atoms with Crippen molar-refractivity contribution in [3.8, 4) is 16.9 Å². The number of hydrogen-bond acceptors (Lipinski definition) is 1. The Bertz CT molecular complexity index is 683. The molecule has 0 heterocycles. The molecule has 0 saturated heterocycles. The second-order valence-corrected chi connectivity index (χ2v) is 12.8. The van der Waals surface area contributed by atoms with Gasteiger partial charge < -0.3 is 4.43 Å². The molecule has 0 aliphatic rings. The largest absolute Gasteiger partial charge is 0.540 e. The molecule has 0 radical (unpaired) electrons. The summed E-state index contributed by atoms with van der Waals surface area (Å²) in [5, 5.41) is -0.129. The predicted molar refractivity (Wildman–Crippen MR) is 97.3 cm³/mol.